The number of likely N-dealkylation sites (N-methyl/N-ethyl adjacent to an activating group) is 1. The molecule has 6 heteroatoms. The zero-order valence-corrected chi connectivity index (χ0v) is 16.3. The topological polar surface area (TPSA) is 48.0 Å². The molecule has 0 N–H and O–H groups in total. The van der Waals surface area contributed by atoms with Crippen molar-refractivity contribution in [1.29, 1.82) is 0 Å². The van der Waals surface area contributed by atoms with E-state index in [2.05, 4.69) is 0 Å². The van der Waals surface area contributed by atoms with Crippen molar-refractivity contribution in [3.05, 3.63) is 45.6 Å². The first-order chi connectivity index (χ1) is 12.6. The lowest BCUT2D eigenvalue weighted by Gasteiger charge is -2.17. The SMILES string of the molecule is COc1ccc(CCN(C)C(=O)c2ccc([C@H]3CCCO3)s2)cc1OC. The molecule has 5 nitrogen and oxygen atoms in total. The van der Waals surface area contributed by atoms with Crippen molar-refractivity contribution in [3.63, 3.8) is 0 Å². The number of amides is 1. The summed E-state index contributed by atoms with van der Waals surface area (Å²) in [4.78, 5) is 16.4. The van der Waals surface area contributed by atoms with Gasteiger partial charge < -0.3 is 19.1 Å². The lowest BCUT2D eigenvalue weighted by Crippen LogP contribution is -2.28. The zero-order valence-electron chi connectivity index (χ0n) is 15.5. The number of methoxy groups -OCH3 is 2. The van der Waals surface area contributed by atoms with Gasteiger partial charge in [0.05, 0.1) is 25.2 Å². The number of benzene rings is 1. The molecule has 0 bridgehead atoms. The molecule has 140 valence electrons. The first kappa shape index (κ1) is 18.7. The summed E-state index contributed by atoms with van der Waals surface area (Å²) in [7, 11) is 5.09. The van der Waals surface area contributed by atoms with E-state index >= 15 is 0 Å². The van der Waals surface area contributed by atoms with Crippen molar-refractivity contribution >= 4 is 17.2 Å². The van der Waals surface area contributed by atoms with Crippen molar-refractivity contribution in [2.24, 2.45) is 0 Å². The van der Waals surface area contributed by atoms with Crippen molar-refractivity contribution in [2.75, 3.05) is 34.4 Å². The third-order valence-electron chi connectivity index (χ3n) is 4.62. The molecule has 0 spiro atoms. The van der Waals surface area contributed by atoms with Gasteiger partial charge in [-0.1, -0.05) is 6.07 Å². The van der Waals surface area contributed by atoms with E-state index in [-0.39, 0.29) is 12.0 Å². The van der Waals surface area contributed by atoms with E-state index in [1.54, 1.807) is 30.5 Å². The number of hydrogen-bond donors (Lipinski definition) is 0. The minimum Gasteiger partial charge on any atom is -0.493 e. The van der Waals surface area contributed by atoms with Gasteiger partial charge in [0.1, 0.15) is 0 Å². The fourth-order valence-corrected chi connectivity index (χ4v) is 4.15. The van der Waals surface area contributed by atoms with Crippen LogP contribution < -0.4 is 9.47 Å². The summed E-state index contributed by atoms with van der Waals surface area (Å²) in [6, 6.07) is 9.79. The molecule has 1 aliphatic rings. The van der Waals surface area contributed by atoms with E-state index in [1.165, 1.54) is 0 Å². The predicted octanol–water partition coefficient (Wildman–Crippen LogP) is 3.93. The molecule has 0 aliphatic carbocycles. The van der Waals surface area contributed by atoms with Crippen LogP contribution in [0.15, 0.2) is 30.3 Å². The quantitative estimate of drug-likeness (QED) is 0.736. The van der Waals surface area contributed by atoms with E-state index < -0.39 is 0 Å². The van der Waals surface area contributed by atoms with Gasteiger partial charge in [-0.05, 0) is 49.1 Å². The average molecular weight is 375 g/mol. The van der Waals surface area contributed by atoms with Gasteiger partial charge in [0.25, 0.3) is 5.91 Å². The Bertz CT molecular complexity index is 752. The van der Waals surface area contributed by atoms with Gasteiger partial charge >= 0.3 is 0 Å². The highest BCUT2D eigenvalue weighted by Gasteiger charge is 2.22. The molecule has 1 aromatic heterocycles. The Balaban J connectivity index is 1.59. The number of hydrogen-bond acceptors (Lipinski definition) is 5. The predicted molar refractivity (Wildman–Crippen MR) is 102 cm³/mol. The molecule has 2 aromatic rings. The zero-order chi connectivity index (χ0) is 18.5. The van der Waals surface area contributed by atoms with E-state index in [1.807, 2.05) is 37.4 Å². The fraction of sp³-hybridized carbons (Fsp3) is 0.450. The molecule has 0 saturated carbocycles. The average Bonchev–Trinajstić information content (AvgIpc) is 3.36. The van der Waals surface area contributed by atoms with Crippen LogP contribution in [0.4, 0.5) is 0 Å². The minimum absolute atomic E-state index is 0.0553. The van der Waals surface area contributed by atoms with Gasteiger partial charge in [-0.15, -0.1) is 11.3 Å². The monoisotopic (exact) mass is 375 g/mol. The maximum Gasteiger partial charge on any atom is 0.263 e. The van der Waals surface area contributed by atoms with Crippen molar-refractivity contribution in [2.45, 2.75) is 25.4 Å². The lowest BCUT2D eigenvalue weighted by molar-refractivity contribution is 0.0801. The van der Waals surface area contributed by atoms with Crippen LogP contribution in [0.25, 0.3) is 0 Å². The maximum absolute atomic E-state index is 12.7. The minimum atomic E-state index is 0.0553. The third-order valence-corrected chi connectivity index (χ3v) is 5.78. The number of nitrogens with zero attached hydrogens (tertiary/aromatic N) is 1. The highest BCUT2D eigenvalue weighted by atomic mass is 32.1. The van der Waals surface area contributed by atoms with Crippen molar-refractivity contribution in [3.8, 4) is 11.5 Å². The molecular weight excluding hydrogens is 350 g/mol. The van der Waals surface area contributed by atoms with Crippen LogP contribution in [0.3, 0.4) is 0 Å². The smallest absolute Gasteiger partial charge is 0.263 e. The first-order valence-corrected chi connectivity index (χ1v) is 9.61. The number of thiophene rings is 1. The number of ether oxygens (including phenoxy) is 3. The summed E-state index contributed by atoms with van der Waals surface area (Å²) in [5.41, 5.74) is 1.11. The summed E-state index contributed by atoms with van der Waals surface area (Å²) in [5.74, 6) is 1.47. The molecule has 0 unspecified atom stereocenters. The lowest BCUT2D eigenvalue weighted by atomic mass is 10.1. The highest BCUT2D eigenvalue weighted by Crippen LogP contribution is 2.33. The highest BCUT2D eigenvalue weighted by molar-refractivity contribution is 7.14. The Morgan fingerprint density at radius 3 is 2.73 bits per heavy atom. The van der Waals surface area contributed by atoms with Crippen molar-refractivity contribution < 1.29 is 19.0 Å². The molecule has 1 atom stereocenters. The maximum atomic E-state index is 12.7. The Morgan fingerprint density at radius 2 is 2.04 bits per heavy atom. The summed E-state index contributed by atoms with van der Waals surface area (Å²) >= 11 is 1.55. The van der Waals surface area contributed by atoms with Crippen molar-refractivity contribution in [1.82, 2.24) is 4.90 Å². The van der Waals surface area contributed by atoms with E-state index in [4.69, 9.17) is 14.2 Å². The van der Waals surface area contributed by atoms with E-state index in [0.29, 0.717) is 18.0 Å². The van der Waals surface area contributed by atoms with Gasteiger partial charge in [0.15, 0.2) is 11.5 Å². The van der Waals surface area contributed by atoms with Gasteiger partial charge in [-0.3, -0.25) is 4.79 Å². The molecular formula is C20H25NO4S. The van der Waals surface area contributed by atoms with Gasteiger partial charge in [0.2, 0.25) is 0 Å². The second-order valence-corrected chi connectivity index (χ2v) is 7.49. The standard InChI is InChI=1S/C20H25NO4S/c1-21(11-10-14-6-7-15(23-2)17(13-14)24-3)20(22)19-9-8-18(26-19)16-5-4-12-25-16/h6-9,13,16H,4-5,10-12H2,1-3H3/t16-/m1/s1. The number of carbonyl (C=O) groups excluding carboxylic acids is 1. The van der Waals surface area contributed by atoms with E-state index in [9.17, 15) is 4.79 Å². The molecule has 2 heterocycles. The Hall–Kier alpha value is -2.05. The van der Waals surface area contributed by atoms with Crippen LogP contribution >= 0.6 is 11.3 Å². The Morgan fingerprint density at radius 1 is 1.23 bits per heavy atom. The van der Waals surface area contributed by atoms with Crippen LogP contribution in [0, 0.1) is 0 Å². The molecule has 1 aromatic carbocycles. The Labute approximate surface area is 158 Å². The van der Waals surface area contributed by atoms with Crippen LogP contribution in [0.5, 0.6) is 11.5 Å². The normalized spacial score (nSPS) is 16.5. The molecule has 26 heavy (non-hydrogen) atoms. The molecule has 0 radical (unpaired) electrons. The molecule has 3 rings (SSSR count). The Kier molecular flexibility index (Phi) is 6.16. The number of rotatable bonds is 7. The summed E-state index contributed by atoms with van der Waals surface area (Å²) < 4.78 is 16.3. The molecule has 1 saturated heterocycles. The van der Waals surface area contributed by atoms with Gasteiger partial charge in [-0.25, -0.2) is 0 Å². The first-order valence-electron chi connectivity index (χ1n) is 8.80. The third kappa shape index (κ3) is 4.19. The van der Waals surface area contributed by atoms with E-state index in [0.717, 1.165) is 41.2 Å². The fourth-order valence-electron chi connectivity index (χ4n) is 3.07. The summed E-state index contributed by atoms with van der Waals surface area (Å²) in [6.07, 6.45) is 3.06. The second-order valence-electron chi connectivity index (χ2n) is 6.37. The second kappa shape index (κ2) is 8.56. The molecule has 1 amide bonds. The molecule has 1 aliphatic heterocycles. The summed E-state index contributed by atoms with van der Waals surface area (Å²) in [6.45, 7) is 1.46. The summed E-state index contributed by atoms with van der Waals surface area (Å²) in [5, 5.41) is 0. The number of carbonyl (C=O) groups is 1. The van der Waals surface area contributed by atoms with Crippen LogP contribution in [0.1, 0.15) is 39.1 Å². The van der Waals surface area contributed by atoms with Gasteiger partial charge in [0, 0.05) is 25.1 Å². The van der Waals surface area contributed by atoms with Crippen LogP contribution in [0.2, 0.25) is 0 Å². The van der Waals surface area contributed by atoms with Gasteiger partial charge in [-0.2, -0.15) is 0 Å². The molecule has 1 fully saturated rings. The largest absolute Gasteiger partial charge is 0.493 e. The van der Waals surface area contributed by atoms with Crippen LogP contribution in [-0.2, 0) is 11.2 Å². The van der Waals surface area contributed by atoms with Crippen LogP contribution in [-0.4, -0.2) is 45.2 Å².